The fourth-order valence-corrected chi connectivity index (χ4v) is 2.09. The third-order valence-corrected chi connectivity index (χ3v) is 3.20. The number of nitrogens with zero attached hydrogens (tertiary/aromatic N) is 1. The number of esters is 1. The topological polar surface area (TPSA) is 48.3 Å². The first-order valence-electron chi connectivity index (χ1n) is 6.80. The van der Waals surface area contributed by atoms with E-state index < -0.39 is 0 Å². The Kier molecular flexibility index (Phi) is 4.56. The van der Waals surface area contributed by atoms with Gasteiger partial charge in [-0.05, 0) is 18.4 Å². The molecule has 1 aromatic carbocycles. The highest BCUT2D eigenvalue weighted by molar-refractivity contribution is 5.98. The second-order valence-electron chi connectivity index (χ2n) is 5.25. The van der Waals surface area contributed by atoms with Crippen molar-refractivity contribution in [1.82, 2.24) is 4.57 Å². The number of hydrogen-bond donors (Lipinski definition) is 0. The molecule has 0 radical (unpaired) electrons. The van der Waals surface area contributed by atoms with E-state index in [4.69, 9.17) is 4.74 Å². The molecule has 0 fully saturated rings. The summed E-state index contributed by atoms with van der Waals surface area (Å²) in [5.41, 5.74) is 1.46. The first-order valence-corrected chi connectivity index (χ1v) is 6.80. The molecule has 2 rings (SSSR count). The van der Waals surface area contributed by atoms with Crippen LogP contribution >= 0.6 is 0 Å². The SMILES string of the molecule is CC(C)CCOC(=O)Cn1cc(C=O)c2ccccc21. The van der Waals surface area contributed by atoms with E-state index >= 15 is 0 Å². The second kappa shape index (κ2) is 6.37. The van der Waals surface area contributed by atoms with Crippen LogP contribution in [-0.2, 0) is 16.1 Å². The third kappa shape index (κ3) is 3.26. The average molecular weight is 273 g/mol. The van der Waals surface area contributed by atoms with Gasteiger partial charge in [0.25, 0.3) is 0 Å². The number of fused-ring (bicyclic) bond motifs is 1. The van der Waals surface area contributed by atoms with Crippen molar-refractivity contribution in [3.63, 3.8) is 0 Å². The molecule has 0 aliphatic carbocycles. The van der Waals surface area contributed by atoms with Crippen LogP contribution in [0.25, 0.3) is 10.9 Å². The summed E-state index contributed by atoms with van der Waals surface area (Å²) in [4.78, 5) is 22.8. The van der Waals surface area contributed by atoms with Crippen LogP contribution in [-0.4, -0.2) is 23.4 Å². The van der Waals surface area contributed by atoms with Gasteiger partial charge in [-0.3, -0.25) is 9.59 Å². The first kappa shape index (κ1) is 14.3. The quantitative estimate of drug-likeness (QED) is 0.600. The average Bonchev–Trinajstić information content (AvgIpc) is 2.77. The minimum absolute atomic E-state index is 0.131. The maximum Gasteiger partial charge on any atom is 0.325 e. The van der Waals surface area contributed by atoms with Gasteiger partial charge in [-0.2, -0.15) is 0 Å². The Labute approximate surface area is 118 Å². The van der Waals surface area contributed by atoms with E-state index in [1.807, 2.05) is 24.3 Å². The highest BCUT2D eigenvalue weighted by atomic mass is 16.5. The summed E-state index contributed by atoms with van der Waals surface area (Å²) >= 11 is 0. The molecule has 0 amide bonds. The van der Waals surface area contributed by atoms with Crippen LogP contribution in [0.4, 0.5) is 0 Å². The molecule has 106 valence electrons. The van der Waals surface area contributed by atoms with Gasteiger partial charge in [0.2, 0.25) is 0 Å². The Balaban J connectivity index is 2.09. The van der Waals surface area contributed by atoms with Crippen molar-refractivity contribution in [2.75, 3.05) is 6.61 Å². The number of para-hydroxylation sites is 1. The molecule has 0 unspecified atom stereocenters. The number of aromatic nitrogens is 1. The molecule has 0 aliphatic rings. The minimum Gasteiger partial charge on any atom is -0.464 e. The van der Waals surface area contributed by atoms with Gasteiger partial charge in [-0.1, -0.05) is 32.0 Å². The Morgan fingerprint density at radius 3 is 2.80 bits per heavy atom. The monoisotopic (exact) mass is 273 g/mol. The summed E-state index contributed by atoms with van der Waals surface area (Å²) in [5, 5.41) is 0.859. The van der Waals surface area contributed by atoms with Crippen molar-refractivity contribution in [3.8, 4) is 0 Å². The van der Waals surface area contributed by atoms with Crippen LogP contribution in [0.3, 0.4) is 0 Å². The lowest BCUT2D eigenvalue weighted by molar-refractivity contribution is -0.144. The van der Waals surface area contributed by atoms with E-state index in [2.05, 4.69) is 13.8 Å². The van der Waals surface area contributed by atoms with Gasteiger partial charge >= 0.3 is 5.97 Å². The smallest absolute Gasteiger partial charge is 0.325 e. The lowest BCUT2D eigenvalue weighted by Gasteiger charge is -2.08. The predicted octanol–water partition coefficient (Wildman–Crippen LogP) is 3.04. The van der Waals surface area contributed by atoms with Crippen molar-refractivity contribution >= 4 is 23.2 Å². The molecular formula is C16H19NO3. The van der Waals surface area contributed by atoms with E-state index in [9.17, 15) is 9.59 Å². The molecule has 1 aromatic heterocycles. The largest absolute Gasteiger partial charge is 0.464 e. The summed E-state index contributed by atoms with van der Waals surface area (Å²) in [5.74, 6) is 0.237. The zero-order valence-corrected chi connectivity index (χ0v) is 11.8. The Hall–Kier alpha value is -2.10. The molecule has 4 nitrogen and oxygen atoms in total. The molecule has 20 heavy (non-hydrogen) atoms. The summed E-state index contributed by atoms with van der Waals surface area (Å²) < 4.78 is 6.96. The number of ether oxygens (including phenoxy) is 1. The number of aldehydes is 1. The highest BCUT2D eigenvalue weighted by Gasteiger charge is 2.11. The molecule has 0 saturated heterocycles. The standard InChI is InChI=1S/C16H19NO3/c1-12(2)7-8-20-16(19)10-17-9-13(11-18)14-5-3-4-6-15(14)17/h3-6,9,11-12H,7-8,10H2,1-2H3. The molecule has 0 spiro atoms. The molecule has 4 heteroatoms. The van der Waals surface area contributed by atoms with E-state index in [0.29, 0.717) is 18.1 Å². The Morgan fingerprint density at radius 1 is 1.35 bits per heavy atom. The van der Waals surface area contributed by atoms with E-state index in [-0.39, 0.29) is 12.5 Å². The lowest BCUT2D eigenvalue weighted by Crippen LogP contribution is -2.14. The summed E-state index contributed by atoms with van der Waals surface area (Å²) in [6.07, 6.45) is 3.36. The summed E-state index contributed by atoms with van der Waals surface area (Å²) in [6.45, 7) is 4.75. The fraction of sp³-hybridized carbons (Fsp3) is 0.375. The fourth-order valence-electron chi connectivity index (χ4n) is 2.09. The van der Waals surface area contributed by atoms with Gasteiger partial charge in [0.15, 0.2) is 6.29 Å². The second-order valence-corrected chi connectivity index (χ2v) is 5.25. The molecule has 0 bridgehead atoms. The maximum absolute atomic E-state index is 11.8. The van der Waals surface area contributed by atoms with Crippen molar-refractivity contribution < 1.29 is 14.3 Å². The molecule has 1 heterocycles. The van der Waals surface area contributed by atoms with E-state index in [1.54, 1.807) is 10.8 Å². The highest BCUT2D eigenvalue weighted by Crippen LogP contribution is 2.19. The van der Waals surface area contributed by atoms with E-state index in [0.717, 1.165) is 23.6 Å². The Bertz CT molecular complexity index is 613. The zero-order valence-electron chi connectivity index (χ0n) is 11.8. The van der Waals surface area contributed by atoms with Crippen LogP contribution in [0.2, 0.25) is 0 Å². The predicted molar refractivity (Wildman–Crippen MR) is 77.7 cm³/mol. The van der Waals surface area contributed by atoms with Gasteiger partial charge < -0.3 is 9.30 Å². The van der Waals surface area contributed by atoms with Gasteiger partial charge in [-0.25, -0.2) is 0 Å². The number of rotatable bonds is 6. The molecule has 0 N–H and O–H groups in total. The van der Waals surface area contributed by atoms with Crippen LogP contribution in [0.5, 0.6) is 0 Å². The van der Waals surface area contributed by atoms with Gasteiger partial charge in [0.1, 0.15) is 6.54 Å². The van der Waals surface area contributed by atoms with Crippen LogP contribution in [0, 0.1) is 5.92 Å². The number of hydrogen-bond acceptors (Lipinski definition) is 3. The molecule has 0 atom stereocenters. The number of carbonyl (C=O) groups is 2. The molecule has 0 saturated carbocycles. The van der Waals surface area contributed by atoms with Gasteiger partial charge in [0.05, 0.1) is 6.61 Å². The van der Waals surface area contributed by atoms with Crippen LogP contribution in [0.15, 0.2) is 30.5 Å². The zero-order chi connectivity index (χ0) is 14.5. The Morgan fingerprint density at radius 2 is 2.10 bits per heavy atom. The lowest BCUT2D eigenvalue weighted by atomic mass is 10.1. The molecular weight excluding hydrogens is 254 g/mol. The summed E-state index contributed by atoms with van der Waals surface area (Å²) in [7, 11) is 0. The minimum atomic E-state index is -0.274. The molecule has 2 aromatic rings. The van der Waals surface area contributed by atoms with Gasteiger partial charge in [-0.15, -0.1) is 0 Å². The van der Waals surface area contributed by atoms with E-state index in [1.165, 1.54) is 0 Å². The van der Waals surface area contributed by atoms with Crippen LogP contribution in [0.1, 0.15) is 30.6 Å². The van der Waals surface area contributed by atoms with Crippen molar-refractivity contribution in [2.45, 2.75) is 26.8 Å². The van der Waals surface area contributed by atoms with Crippen LogP contribution < -0.4 is 0 Å². The maximum atomic E-state index is 11.8. The normalized spacial score (nSPS) is 10.9. The number of benzene rings is 1. The third-order valence-electron chi connectivity index (χ3n) is 3.20. The van der Waals surface area contributed by atoms with Crippen molar-refractivity contribution in [1.29, 1.82) is 0 Å². The number of carbonyl (C=O) groups excluding carboxylic acids is 2. The van der Waals surface area contributed by atoms with Crippen molar-refractivity contribution in [3.05, 3.63) is 36.0 Å². The van der Waals surface area contributed by atoms with Crippen molar-refractivity contribution in [2.24, 2.45) is 5.92 Å². The summed E-state index contributed by atoms with van der Waals surface area (Å²) in [6, 6.07) is 7.53. The first-order chi connectivity index (χ1) is 9.61. The van der Waals surface area contributed by atoms with Gasteiger partial charge in [0, 0.05) is 22.7 Å². The molecule has 0 aliphatic heterocycles.